The highest BCUT2D eigenvalue weighted by Gasteiger charge is 2.36. The Hall–Kier alpha value is -1.04. The van der Waals surface area contributed by atoms with Crippen molar-refractivity contribution in [2.75, 3.05) is 0 Å². The third kappa shape index (κ3) is 3.21. The molecule has 0 aliphatic heterocycles. The van der Waals surface area contributed by atoms with Crippen molar-refractivity contribution in [1.29, 1.82) is 0 Å². The molecule has 2 rings (SSSR count). The molecule has 0 saturated heterocycles. The van der Waals surface area contributed by atoms with Gasteiger partial charge in [0.2, 0.25) is 0 Å². The lowest BCUT2D eigenvalue weighted by Gasteiger charge is -2.12. The van der Waals surface area contributed by atoms with Gasteiger partial charge in [0.15, 0.2) is 5.78 Å². The Bertz CT molecular complexity index is 453. The van der Waals surface area contributed by atoms with Gasteiger partial charge in [-0.15, -0.1) is 13.2 Å². The molecule has 1 aromatic rings. The van der Waals surface area contributed by atoms with E-state index in [2.05, 4.69) is 20.7 Å². The van der Waals surface area contributed by atoms with Crippen molar-refractivity contribution >= 4 is 21.7 Å². The highest BCUT2D eigenvalue weighted by molar-refractivity contribution is 9.10. The number of hydrogen-bond acceptors (Lipinski definition) is 2. The van der Waals surface area contributed by atoms with Gasteiger partial charge in [-0.25, -0.2) is 0 Å². The molecule has 0 spiro atoms. The number of halogens is 4. The number of rotatable bonds is 3. The van der Waals surface area contributed by atoms with Crippen LogP contribution in [-0.2, 0) is 0 Å². The minimum atomic E-state index is -4.79. The van der Waals surface area contributed by atoms with Gasteiger partial charge in [0.1, 0.15) is 5.75 Å². The first-order valence-electron chi connectivity index (χ1n) is 4.96. The summed E-state index contributed by atoms with van der Waals surface area (Å²) in [4.78, 5) is 11.8. The summed E-state index contributed by atoms with van der Waals surface area (Å²) < 4.78 is 40.8. The zero-order valence-electron chi connectivity index (χ0n) is 8.55. The summed E-state index contributed by atoms with van der Waals surface area (Å²) in [7, 11) is 0. The highest BCUT2D eigenvalue weighted by atomic mass is 79.9. The molecule has 1 fully saturated rings. The number of carbonyl (C=O) groups excluding carboxylic acids is 1. The summed E-state index contributed by atoms with van der Waals surface area (Å²) in [6.07, 6.45) is -3.32. The fourth-order valence-electron chi connectivity index (χ4n) is 1.47. The van der Waals surface area contributed by atoms with E-state index >= 15 is 0 Å². The second-order valence-electron chi connectivity index (χ2n) is 3.83. The number of ketones is 1. The lowest BCUT2D eigenvalue weighted by molar-refractivity contribution is -0.274. The summed E-state index contributed by atoms with van der Waals surface area (Å²) >= 11 is 3.05. The van der Waals surface area contributed by atoms with Crippen LogP contribution in [-0.4, -0.2) is 12.1 Å². The zero-order chi connectivity index (χ0) is 12.6. The summed E-state index contributed by atoms with van der Waals surface area (Å²) in [5.41, 5.74) is -0.00646. The van der Waals surface area contributed by atoms with Crippen LogP contribution in [0.1, 0.15) is 23.2 Å². The van der Waals surface area contributed by atoms with Crippen molar-refractivity contribution in [1.82, 2.24) is 0 Å². The number of alkyl halides is 3. The topological polar surface area (TPSA) is 26.3 Å². The van der Waals surface area contributed by atoms with Crippen molar-refractivity contribution < 1.29 is 22.7 Å². The predicted molar refractivity (Wildman–Crippen MR) is 57.9 cm³/mol. The van der Waals surface area contributed by atoms with Gasteiger partial charge in [0.05, 0.1) is 5.56 Å². The minimum absolute atomic E-state index is 0.00646. The quantitative estimate of drug-likeness (QED) is 0.791. The molecule has 0 radical (unpaired) electrons. The Morgan fingerprint density at radius 2 is 2.00 bits per heavy atom. The van der Waals surface area contributed by atoms with Crippen LogP contribution in [0.15, 0.2) is 22.7 Å². The molecular formula is C11H8BrF3O2. The minimum Gasteiger partial charge on any atom is -0.405 e. The van der Waals surface area contributed by atoms with Gasteiger partial charge in [-0.05, 0) is 31.0 Å². The second kappa shape index (κ2) is 4.33. The van der Waals surface area contributed by atoms with Crippen molar-refractivity contribution in [3.8, 4) is 5.75 Å². The van der Waals surface area contributed by atoms with Gasteiger partial charge < -0.3 is 4.74 Å². The van der Waals surface area contributed by atoms with E-state index < -0.39 is 12.1 Å². The molecule has 6 heteroatoms. The van der Waals surface area contributed by atoms with E-state index in [-0.39, 0.29) is 17.3 Å². The molecule has 1 aliphatic rings. The third-order valence-corrected chi connectivity index (χ3v) is 2.88. The largest absolute Gasteiger partial charge is 0.573 e. The second-order valence-corrected chi connectivity index (χ2v) is 4.74. The molecule has 2 nitrogen and oxygen atoms in total. The van der Waals surface area contributed by atoms with Crippen molar-refractivity contribution in [2.45, 2.75) is 19.2 Å². The fourth-order valence-corrected chi connectivity index (χ4v) is 1.81. The number of hydrogen-bond donors (Lipinski definition) is 0. The van der Waals surface area contributed by atoms with Gasteiger partial charge in [-0.2, -0.15) is 0 Å². The lowest BCUT2D eigenvalue weighted by atomic mass is 10.1. The predicted octanol–water partition coefficient (Wildman–Crippen LogP) is 3.94. The Morgan fingerprint density at radius 3 is 2.53 bits per heavy atom. The fraction of sp³-hybridized carbons (Fsp3) is 0.364. The van der Waals surface area contributed by atoms with Crippen LogP contribution >= 0.6 is 15.9 Å². The van der Waals surface area contributed by atoms with Gasteiger partial charge in [0.25, 0.3) is 0 Å². The summed E-state index contributed by atoms with van der Waals surface area (Å²) in [6, 6.07) is 4.04. The van der Waals surface area contributed by atoms with Crippen LogP contribution in [0.4, 0.5) is 13.2 Å². The molecule has 0 unspecified atom stereocenters. The molecule has 0 amide bonds. The van der Waals surface area contributed by atoms with E-state index in [1.807, 2.05) is 0 Å². The molecule has 0 heterocycles. The van der Waals surface area contributed by atoms with Crippen LogP contribution in [0.3, 0.4) is 0 Å². The first-order chi connectivity index (χ1) is 7.87. The van der Waals surface area contributed by atoms with Crippen LogP contribution < -0.4 is 4.74 Å². The molecular weight excluding hydrogens is 301 g/mol. The van der Waals surface area contributed by atoms with E-state index in [0.717, 1.165) is 18.9 Å². The molecule has 17 heavy (non-hydrogen) atoms. The number of ether oxygens (including phenoxy) is 1. The van der Waals surface area contributed by atoms with Crippen LogP contribution in [0, 0.1) is 5.92 Å². The molecule has 1 aromatic carbocycles. The number of carbonyl (C=O) groups is 1. The molecule has 0 bridgehead atoms. The first kappa shape index (κ1) is 12.4. The van der Waals surface area contributed by atoms with Crippen molar-refractivity contribution in [2.24, 2.45) is 5.92 Å². The van der Waals surface area contributed by atoms with E-state index in [4.69, 9.17) is 0 Å². The van der Waals surface area contributed by atoms with E-state index in [0.29, 0.717) is 4.47 Å². The van der Waals surface area contributed by atoms with Gasteiger partial charge in [-0.3, -0.25) is 4.79 Å². The van der Waals surface area contributed by atoms with Gasteiger partial charge >= 0.3 is 6.36 Å². The maximum Gasteiger partial charge on any atom is 0.573 e. The van der Waals surface area contributed by atoms with Crippen LogP contribution in [0.2, 0.25) is 0 Å². The molecule has 1 aliphatic carbocycles. The van der Waals surface area contributed by atoms with Crippen molar-refractivity contribution in [3.63, 3.8) is 0 Å². The average Bonchev–Trinajstić information content (AvgIpc) is 2.97. The third-order valence-electron chi connectivity index (χ3n) is 2.38. The molecule has 0 N–H and O–H groups in total. The number of Topliss-reactive ketones (excluding diaryl/α,β-unsaturated/α-hetero) is 1. The maximum absolute atomic E-state index is 12.2. The van der Waals surface area contributed by atoms with Crippen LogP contribution in [0.5, 0.6) is 5.75 Å². The molecule has 0 aromatic heterocycles. The Kier molecular flexibility index (Phi) is 3.16. The van der Waals surface area contributed by atoms with Gasteiger partial charge in [0, 0.05) is 10.4 Å². The average molecular weight is 309 g/mol. The maximum atomic E-state index is 12.2. The normalized spacial score (nSPS) is 15.8. The van der Waals surface area contributed by atoms with E-state index in [9.17, 15) is 18.0 Å². The SMILES string of the molecule is O=C(c1ccc(Br)cc1OC(F)(F)F)C1CC1. The van der Waals surface area contributed by atoms with Gasteiger partial charge in [-0.1, -0.05) is 15.9 Å². The highest BCUT2D eigenvalue weighted by Crippen LogP contribution is 2.37. The Labute approximate surface area is 104 Å². The monoisotopic (exact) mass is 308 g/mol. The standard InChI is InChI=1S/C11H8BrF3O2/c12-7-3-4-8(10(16)6-1-2-6)9(5-7)17-11(13,14)15/h3-6H,1-2H2. The summed E-state index contributed by atoms with van der Waals surface area (Å²) in [5.74, 6) is -0.868. The zero-order valence-corrected chi connectivity index (χ0v) is 10.1. The van der Waals surface area contributed by atoms with E-state index in [1.165, 1.54) is 12.1 Å². The first-order valence-corrected chi connectivity index (χ1v) is 5.75. The smallest absolute Gasteiger partial charge is 0.405 e. The van der Waals surface area contributed by atoms with Crippen LogP contribution in [0.25, 0.3) is 0 Å². The summed E-state index contributed by atoms with van der Waals surface area (Å²) in [6.45, 7) is 0. The molecule has 92 valence electrons. The molecule has 1 saturated carbocycles. The number of benzene rings is 1. The van der Waals surface area contributed by atoms with Crippen molar-refractivity contribution in [3.05, 3.63) is 28.2 Å². The van der Waals surface area contributed by atoms with E-state index in [1.54, 1.807) is 0 Å². The lowest BCUT2D eigenvalue weighted by Crippen LogP contribution is -2.19. The Morgan fingerprint density at radius 1 is 1.35 bits per heavy atom. The Balaban J connectivity index is 2.33. The molecule has 0 atom stereocenters. The summed E-state index contributed by atoms with van der Waals surface area (Å²) in [5, 5.41) is 0.